The molecule has 0 heterocycles. The minimum Gasteiger partial charge on any atom is -0.211 e. The molecular weight excluding hydrogens is 282 g/mol. The molecule has 0 aromatic heterocycles. The summed E-state index contributed by atoms with van der Waals surface area (Å²) in [5.74, 6) is 0. The quantitative estimate of drug-likeness (QED) is 0.846. The largest absolute Gasteiger partial charge is 0.240 e. The van der Waals surface area contributed by atoms with Crippen molar-refractivity contribution in [1.29, 1.82) is 0 Å². The van der Waals surface area contributed by atoms with E-state index in [0.29, 0.717) is 11.6 Å². The Morgan fingerprint density at radius 2 is 2.11 bits per heavy atom. The van der Waals surface area contributed by atoms with Crippen LogP contribution >= 0.6 is 11.6 Å². The zero-order valence-corrected chi connectivity index (χ0v) is 12.3. The second-order valence-corrected chi connectivity index (χ2v) is 6.92. The Bertz CT molecular complexity index is 567. The van der Waals surface area contributed by atoms with E-state index in [-0.39, 0.29) is 4.90 Å². The summed E-state index contributed by atoms with van der Waals surface area (Å²) in [6.45, 7) is 0.445. The monoisotopic (exact) mass is 299 g/mol. The minimum absolute atomic E-state index is 0.220. The van der Waals surface area contributed by atoms with Gasteiger partial charge in [-0.15, -0.1) is 0 Å². The van der Waals surface area contributed by atoms with E-state index in [9.17, 15) is 8.42 Å². The smallest absolute Gasteiger partial charge is 0.211 e. The number of nitrogens with one attached hydrogen (secondary N) is 1. The van der Waals surface area contributed by atoms with E-state index in [1.165, 1.54) is 24.5 Å². The van der Waals surface area contributed by atoms with Crippen molar-refractivity contribution in [3.63, 3.8) is 0 Å². The van der Waals surface area contributed by atoms with Crippen LogP contribution in [0.3, 0.4) is 0 Å². The first-order valence-corrected chi connectivity index (χ1v) is 8.37. The van der Waals surface area contributed by atoms with Crippen molar-refractivity contribution >= 4 is 21.6 Å². The molecule has 19 heavy (non-hydrogen) atoms. The van der Waals surface area contributed by atoms with Gasteiger partial charge in [-0.05, 0) is 50.3 Å². The predicted octanol–water partition coefficient (Wildman–Crippen LogP) is 3.51. The maximum atomic E-state index is 12.0. The van der Waals surface area contributed by atoms with Crippen molar-refractivity contribution in [2.75, 3.05) is 6.54 Å². The molecule has 0 fully saturated rings. The SMILES string of the molecule is O=S(=O)(NCCC1=CCCCC1)c1cccc(Cl)c1. The van der Waals surface area contributed by atoms with Crippen molar-refractivity contribution in [2.45, 2.75) is 37.0 Å². The van der Waals surface area contributed by atoms with E-state index >= 15 is 0 Å². The van der Waals surface area contributed by atoms with Crippen molar-refractivity contribution in [2.24, 2.45) is 0 Å². The van der Waals surface area contributed by atoms with Crippen LogP contribution in [0.25, 0.3) is 0 Å². The number of hydrogen-bond acceptors (Lipinski definition) is 2. The maximum absolute atomic E-state index is 12.0. The lowest BCUT2D eigenvalue weighted by Gasteiger charge is -2.13. The lowest BCUT2D eigenvalue weighted by Crippen LogP contribution is -2.25. The van der Waals surface area contributed by atoms with Crippen LogP contribution in [0.15, 0.2) is 40.8 Å². The molecule has 0 saturated heterocycles. The lowest BCUT2D eigenvalue weighted by molar-refractivity contribution is 0.579. The van der Waals surface area contributed by atoms with Gasteiger partial charge in [-0.3, -0.25) is 0 Å². The van der Waals surface area contributed by atoms with Gasteiger partial charge in [0.2, 0.25) is 10.0 Å². The average Bonchev–Trinajstić information content (AvgIpc) is 2.40. The van der Waals surface area contributed by atoms with Crippen LogP contribution in [0.4, 0.5) is 0 Å². The van der Waals surface area contributed by atoms with Crippen LogP contribution in [0, 0.1) is 0 Å². The van der Waals surface area contributed by atoms with Gasteiger partial charge in [-0.1, -0.05) is 29.3 Å². The summed E-state index contributed by atoms with van der Waals surface area (Å²) >= 11 is 5.81. The fourth-order valence-corrected chi connectivity index (χ4v) is 3.53. The standard InChI is InChI=1S/C14H18ClNO2S/c15-13-7-4-8-14(11-13)19(17,18)16-10-9-12-5-2-1-3-6-12/h4-5,7-8,11,16H,1-3,6,9-10H2. The van der Waals surface area contributed by atoms with Gasteiger partial charge in [0.15, 0.2) is 0 Å². The third-order valence-electron chi connectivity index (χ3n) is 3.23. The molecule has 0 bridgehead atoms. The fourth-order valence-electron chi connectivity index (χ4n) is 2.20. The third kappa shape index (κ3) is 4.34. The number of sulfonamides is 1. The first-order valence-electron chi connectivity index (χ1n) is 6.51. The fraction of sp³-hybridized carbons (Fsp3) is 0.429. The Hall–Kier alpha value is -0.840. The van der Waals surface area contributed by atoms with Crippen molar-refractivity contribution in [3.05, 3.63) is 40.9 Å². The van der Waals surface area contributed by atoms with Crippen LogP contribution in [0.1, 0.15) is 32.1 Å². The Kier molecular flexibility index (Phi) is 5.02. The number of halogens is 1. The summed E-state index contributed by atoms with van der Waals surface area (Å²) in [6, 6.07) is 6.31. The number of hydrogen-bond donors (Lipinski definition) is 1. The topological polar surface area (TPSA) is 46.2 Å². The molecular formula is C14H18ClNO2S. The zero-order valence-electron chi connectivity index (χ0n) is 10.7. The first-order chi connectivity index (χ1) is 9.08. The van der Waals surface area contributed by atoms with Crippen LogP contribution < -0.4 is 4.72 Å². The van der Waals surface area contributed by atoms with Gasteiger partial charge < -0.3 is 0 Å². The molecule has 0 unspecified atom stereocenters. The maximum Gasteiger partial charge on any atom is 0.240 e. The van der Waals surface area contributed by atoms with Crippen molar-refractivity contribution < 1.29 is 8.42 Å². The highest BCUT2D eigenvalue weighted by molar-refractivity contribution is 7.89. The van der Waals surface area contributed by atoms with Gasteiger partial charge in [0.05, 0.1) is 4.90 Å². The normalized spacial score (nSPS) is 16.2. The molecule has 104 valence electrons. The van der Waals surface area contributed by atoms with Crippen LogP contribution in [-0.2, 0) is 10.0 Å². The molecule has 0 atom stereocenters. The van der Waals surface area contributed by atoms with Gasteiger partial charge in [-0.2, -0.15) is 0 Å². The Morgan fingerprint density at radius 3 is 2.79 bits per heavy atom. The Labute approximate surface area is 119 Å². The van der Waals surface area contributed by atoms with E-state index in [1.807, 2.05) is 0 Å². The second kappa shape index (κ2) is 6.55. The molecule has 0 radical (unpaired) electrons. The van der Waals surface area contributed by atoms with E-state index in [1.54, 1.807) is 18.2 Å². The number of benzene rings is 1. The van der Waals surface area contributed by atoms with Crippen LogP contribution in [-0.4, -0.2) is 15.0 Å². The van der Waals surface area contributed by atoms with Gasteiger partial charge in [0.25, 0.3) is 0 Å². The molecule has 1 aliphatic rings. The van der Waals surface area contributed by atoms with E-state index < -0.39 is 10.0 Å². The van der Waals surface area contributed by atoms with Crippen molar-refractivity contribution in [3.8, 4) is 0 Å². The summed E-state index contributed by atoms with van der Waals surface area (Å²) in [7, 11) is -3.45. The van der Waals surface area contributed by atoms with Crippen LogP contribution in [0.2, 0.25) is 5.02 Å². The Balaban J connectivity index is 1.92. The molecule has 0 spiro atoms. The third-order valence-corrected chi connectivity index (χ3v) is 4.92. The van der Waals surface area contributed by atoms with E-state index in [0.717, 1.165) is 19.3 Å². The van der Waals surface area contributed by atoms with Gasteiger partial charge in [0.1, 0.15) is 0 Å². The molecule has 3 nitrogen and oxygen atoms in total. The Morgan fingerprint density at radius 1 is 1.26 bits per heavy atom. The molecule has 1 aromatic rings. The molecule has 1 N–H and O–H groups in total. The molecule has 0 amide bonds. The molecule has 0 saturated carbocycles. The molecule has 1 aromatic carbocycles. The summed E-state index contributed by atoms with van der Waals surface area (Å²) in [5, 5.41) is 0.429. The number of rotatable bonds is 5. The number of allylic oxidation sites excluding steroid dienone is 1. The summed E-state index contributed by atoms with van der Waals surface area (Å²) in [4.78, 5) is 0.220. The highest BCUT2D eigenvalue weighted by Crippen LogP contribution is 2.20. The van der Waals surface area contributed by atoms with Gasteiger partial charge >= 0.3 is 0 Å². The predicted molar refractivity (Wildman–Crippen MR) is 77.8 cm³/mol. The van der Waals surface area contributed by atoms with Gasteiger partial charge in [0, 0.05) is 11.6 Å². The highest BCUT2D eigenvalue weighted by Gasteiger charge is 2.14. The molecule has 2 rings (SSSR count). The minimum atomic E-state index is -3.45. The van der Waals surface area contributed by atoms with Crippen LogP contribution in [0.5, 0.6) is 0 Å². The van der Waals surface area contributed by atoms with E-state index in [4.69, 9.17) is 11.6 Å². The molecule has 1 aliphatic carbocycles. The molecule has 0 aliphatic heterocycles. The second-order valence-electron chi connectivity index (χ2n) is 4.71. The average molecular weight is 300 g/mol. The summed E-state index contributed by atoms with van der Waals surface area (Å²) < 4.78 is 26.7. The summed E-state index contributed by atoms with van der Waals surface area (Å²) in [6.07, 6.45) is 7.71. The summed E-state index contributed by atoms with van der Waals surface area (Å²) in [5.41, 5.74) is 1.36. The lowest BCUT2D eigenvalue weighted by atomic mass is 9.97. The van der Waals surface area contributed by atoms with Crippen molar-refractivity contribution in [1.82, 2.24) is 4.72 Å². The molecule has 5 heteroatoms. The first kappa shape index (κ1) is 14.6. The van der Waals surface area contributed by atoms with Gasteiger partial charge in [-0.25, -0.2) is 13.1 Å². The van der Waals surface area contributed by atoms with E-state index in [2.05, 4.69) is 10.8 Å². The highest BCUT2D eigenvalue weighted by atomic mass is 35.5. The zero-order chi connectivity index (χ0) is 13.7.